The summed E-state index contributed by atoms with van der Waals surface area (Å²) >= 11 is 0. The van der Waals surface area contributed by atoms with Crippen molar-refractivity contribution >= 4 is 11.9 Å². The molecule has 34 heavy (non-hydrogen) atoms. The highest BCUT2D eigenvalue weighted by atomic mass is 19.4. The number of carbonyl (C=O) groups is 2. The van der Waals surface area contributed by atoms with Crippen molar-refractivity contribution in [1.29, 1.82) is 0 Å². The predicted octanol–water partition coefficient (Wildman–Crippen LogP) is 2.12. The molecule has 9 nitrogen and oxygen atoms in total. The summed E-state index contributed by atoms with van der Waals surface area (Å²) in [4.78, 5) is 23.8. The molecule has 12 heteroatoms. The van der Waals surface area contributed by atoms with Crippen molar-refractivity contribution in [3.63, 3.8) is 0 Å². The standard InChI is InChI=1S/C20H25N5O2.C2HF3O2/c1-27-17-6-2-13(3-7-17)9-24-10-14-8-18-22-23-19(20(26)21-16-4-5-16)25(18)12-15(14)11-24;3-2(4,5)1(6)7/h2-3,6-7,14-16H,4-5,8-12H2,1H3,(H,21,26);(H,6,7). The molecular weight excluding hydrogens is 455 g/mol. The second kappa shape index (κ2) is 9.61. The van der Waals surface area contributed by atoms with Gasteiger partial charge in [0, 0.05) is 38.6 Å². The van der Waals surface area contributed by atoms with Gasteiger partial charge in [0.05, 0.1) is 7.11 Å². The number of fused-ring (bicyclic) bond motifs is 2. The van der Waals surface area contributed by atoms with Gasteiger partial charge in [-0.05, 0) is 42.4 Å². The van der Waals surface area contributed by atoms with E-state index in [2.05, 4.69) is 37.1 Å². The van der Waals surface area contributed by atoms with E-state index in [1.807, 2.05) is 12.1 Å². The van der Waals surface area contributed by atoms with E-state index in [0.717, 1.165) is 57.0 Å². The molecular formula is C22H26F3N5O4. The number of amides is 1. The topological polar surface area (TPSA) is 110 Å². The summed E-state index contributed by atoms with van der Waals surface area (Å²) in [6.07, 6.45) is -2.01. The van der Waals surface area contributed by atoms with Crippen molar-refractivity contribution in [2.45, 2.75) is 44.6 Å². The fraction of sp³-hybridized carbons (Fsp3) is 0.545. The molecule has 1 amide bonds. The van der Waals surface area contributed by atoms with Crippen LogP contribution in [-0.2, 0) is 24.3 Å². The number of carboxylic acid groups (broad SMARTS) is 1. The molecule has 2 unspecified atom stereocenters. The molecule has 0 radical (unpaired) electrons. The van der Waals surface area contributed by atoms with Gasteiger partial charge in [-0.1, -0.05) is 12.1 Å². The number of nitrogens with zero attached hydrogens (tertiary/aromatic N) is 4. The number of carboxylic acids is 1. The van der Waals surface area contributed by atoms with Crippen LogP contribution >= 0.6 is 0 Å². The first-order valence-electron chi connectivity index (χ1n) is 11.0. The number of alkyl halides is 3. The number of rotatable bonds is 5. The molecule has 2 atom stereocenters. The van der Waals surface area contributed by atoms with Gasteiger partial charge in [0.2, 0.25) is 5.82 Å². The molecule has 0 spiro atoms. The number of likely N-dealkylation sites (tertiary alicyclic amines) is 1. The van der Waals surface area contributed by atoms with Gasteiger partial charge in [-0.25, -0.2) is 4.79 Å². The van der Waals surface area contributed by atoms with E-state index in [4.69, 9.17) is 14.6 Å². The highest BCUT2D eigenvalue weighted by Crippen LogP contribution is 2.33. The van der Waals surface area contributed by atoms with E-state index in [0.29, 0.717) is 23.7 Å². The average Bonchev–Trinajstić information content (AvgIpc) is 3.36. The third kappa shape index (κ3) is 5.66. The number of methoxy groups -OCH3 is 1. The summed E-state index contributed by atoms with van der Waals surface area (Å²) in [5.74, 6) is 0.671. The van der Waals surface area contributed by atoms with Crippen LogP contribution in [0.5, 0.6) is 5.75 Å². The van der Waals surface area contributed by atoms with Crippen LogP contribution in [0.25, 0.3) is 0 Å². The zero-order valence-corrected chi connectivity index (χ0v) is 18.6. The van der Waals surface area contributed by atoms with Gasteiger partial charge in [-0.3, -0.25) is 9.69 Å². The molecule has 2 N–H and O–H groups in total. The summed E-state index contributed by atoms with van der Waals surface area (Å²) in [6.45, 7) is 3.93. The van der Waals surface area contributed by atoms with Crippen LogP contribution < -0.4 is 10.1 Å². The van der Waals surface area contributed by atoms with Crippen molar-refractivity contribution in [3.8, 4) is 5.75 Å². The molecule has 3 aliphatic rings. The molecule has 184 valence electrons. The maximum atomic E-state index is 12.4. The number of hydrogen-bond acceptors (Lipinski definition) is 6. The van der Waals surface area contributed by atoms with Crippen molar-refractivity contribution in [2.75, 3.05) is 20.2 Å². The van der Waals surface area contributed by atoms with Crippen molar-refractivity contribution in [3.05, 3.63) is 41.5 Å². The van der Waals surface area contributed by atoms with E-state index in [9.17, 15) is 18.0 Å². The Labute approximate surface area is 193 Å². The van der Waals surface area contributed by atoms with Gasteiger partial charge in [0.25, 0.3) is 5.91 Å². The summed E-state index contributed by atoms with van der Waals surface area (Å²) in [7, 11) is 1.69. The van der Waals surface area contributed by atoms with E-state index in [1.165, 1.54) is 5.56 Å². The molecule has 2 aliphatic heterocycles. The first-order valence-corrected chi connectivity index (χ1v) is 11.0. The number of halogens is 3. The van der Waals surface area contributed by atoms with Gasteiger partial charge in [-0.15, -0.1) is 10.2 Å². The molecule has 0 bridgehead atoms. The number of hydrogen-bond donors (Lipinski definition) is 2. The van der Waals surface area contributed by atoms with E-state index in [1.54, 1.807) is 7.11 Å². The monoisotopic (exact) mass is 481 g/mol. The Balaban J connectivity index is 0.000000344. The van der Waals surface area contributed by atoms with Gasteiger partial charge < -0.3 is 19.7 Å². The Hall–Kier alpha value is -3.15. The van der Waals surface area contributed by atoms with E-state index >= 15 is 0 Å². The van der Waals surface area contributed by atoms with E-state index in [-0.39, 0.29) is 5.91 Å². The second-order valence-corrected chi connectivity index (χ2v) is 8.87. The Bertz CT molecular complexity index is 1040. The lowest BCUT2D eigenvalue weighted by atomic mass is 9.89. The number of ether oxygens (including phenoxy) is 1. The fourth-order valence-corrected chi connectivity index (χ4v) is 4.39. The minimum absolute atomic E-state index is 0.0669. The Morgan fingerprint density at radius 3 is 2.35 bits per heavy atom. The summed E-state index contributed by atoms with van der Waals surface area (Å²) < 4.78 is 39.0. The second-order valence-electron chi connectivity index (χ2n) is 8.87. The molecule has 5 rings (SSSR count). The zero-order chi connectivity index (χ0) is 24.5. The third-order valence-corrected chi connectivity index (χ3v) is 6.26. The summed E-state index contributed by atoms with van der Waals surface area (Å²) in [5, 5.41) is 18.7. The highest BCUT2D eigenvalue weighted by Gasteiger charge is 2.40. The van der Waals surface area contributed by atoms with Crippen molar-refractivity contribution < 1.29 is 32.6 Å². The first-order chi connectivity index (χ1) is 16.1. The quantitative estimate of drug-likeness (QED) is 0.673. The van der Waals surface area contributed by atoms with Gasteiger partial charge in [-0.2, -0.15) is 13.2 Å². The minimum atomic E-state index is -5.08. The molecule has 1 aromatic carbocycles. The number of carbonyl (C=O) groups excluding carboxylic acids is 1. The molecule has 1 aromatic heterocycles. The third-order valence-electron chi connectivity index (χ3n) is 6.26. The van der Waals surface area contributed by atoms with Crippen LogP contribution in [0.1, 0.15) is 34.8 Å². The Kier molecular flexibility index (Phi) is 6.78. The number of benzene rings is 1. The van der Waals surface area contributed by atoms with Crippen LogP contribution in [0.2, 0.25) is 0 Å². The molecule has 2 aromatic rings. The molecule has 1 aliphatic carbocycles. The van der Waals surface area contributed by atoms with Crippen LogP contribution in [0.4, 0.5) is 13.2 Å². The maximum Gasteiger partial charge on any atom is 0.490 e. The van der Waals surface area contributed by atoms with E-state index < -0.39 is 12.1 Å². The van der Waals surface area contributed by atoms with Gasteiger partial charge >= 0.3 is 12.1 Å². The van der Waals surface area contributed by atoms with Gasteiger partial charge in [0.1, 0.15) is 11.6 Å². The Morgan fingerprint density at radius 1 is 1.12 bits per heavy atom. The minimum Gasteiger partial charge on any atom is -0.497 e. The summed E-state index contributed by atoms with van der Waals surface area (Å²) in [6, 6.07) is 8.65. The van der Waals surface area contributed by atoms with Crippen molar-refractivity contribution in [2.24, 2.45) is 11.8 Å². The lowest BCUT2D eigenvalue weighted by Gasteiger charge is -2.25. The molecule has 1 saturated heterocycles. The van der Waals surface area contributed by atoms with Crippen LogP contribution in [0, 0.1) is 11.8 Å². The zero-order valence-electron chi connectivity index (χ0n) is 18.6. The predicted molar refractivity (Wildman–Crippen MR) is 113 cm³/mol. The average molecular weight is 481 g/mol. The lowest BCUT2D eigenvalue weighted by molar-refractivity contribution is -0.192. The first kappa shape index (κ1) is 24.0. The Morgan fingerprint density at radius 2 is 1.76 bits per heavy atom. The normalized spacial score (nSPS) is 21.6. The summed E-state index contributed by atoms with van der Waals surface area (Å²) in [5.41, 5.74) is 1.30. The van der Waals surface area contributed by atoms with Crippen LogP contribution in [0.15, 0.2) is 24.3 Å². The van der Waals surface area contributed by atoms with Crippen LogP contribution in [-0.4, -0.2) is 69.1 Å². The lowest BCUT2D eigenvalue weighted by Crippen LogP contribution is -2.33. The fourth-order valence-electron chi connectivity index (χ4n) is 4.39. The largest absolute Gasteiger partial charge is 0.497 e. The molecule has 2 fully saturated rings. The SMILES string of the molecule is COc1ccc(CN2CC3Cc4nnc(C(=O)NC5CC5)n4CC3C2)cc1.O=C(O)C(F)(F)F. The smallest absolute Gasteiger partial charge is 0.490 e. The maximum absolute atomic E-state index is 12.4. The number of aliphatic carboxylic acids is 1. The highest BCUT2D eigenvalue weighted by molar-refractivity contribution is 5.91. The van der Waals surface area contributed by atoms with Gasteiger partial charge in [0.15, 0.2) is 0 Å². The molecule has 1 saturated carbocycles. The number of nitrogens with one attached hydrogen (secondary N) is 1. The van der Waals surface area contributed by atoms with Crippen molar-refractivity contribution in [1.82, 2.24) is 25.0 Å². The molecule has 3 heterocycles. The number of aromatic nitrogens is 3. The van der Waals surface area contributed by atoms with Crippen LogP contribution in [0.3, 0.4) is 0 Å².